The number of nitrogens with zero attached hydrogens (tertiary/aromatic N) is 5. The van der Waals surface area contributed by atoms with E-state index in [1.807, 2.05) is 0 Å². The standard InChI is InChI=1S/C16H15F2N5O2/c1-9-12(7-22(20-9)8-13(17)18)15-19-14(21-25-15)11-3-2-6-23(16(11)24)10-4-5-10/h2-3,6-7,10,13H,4-5,8H2,1H3. The van der Waals surface area contributed by atoms with Crippen molar-refractivity contribution in [2.24, 2.45) is 0 Å². The summed E-state index contributed by atoms with van der Waals surface area (Å²) in [4.78, 5) is 16.8. The molecular weight excluding hydrogens is 332 g/mol. The molecule has 0 aliphatic heterocycles. The Morgan fingerprint density at radius 2 is 2.16 bits per heavy atom. The maximum Gasteiger partial charge on any atom is 0.262 e. The summed E-state index contributed by atoms with van der Waals surface area (Å²) in [6, 6.07) is 3.66. The first-order valence-electron chi connectivity index (χ1n) is 7.90. The van der Waals surface area contributed by atoms with E-state index >= 15 is 0 Å². The fourth-order valence-corrected chi connectivity index (χ4v) is 2.73. The Labute approximate surface area is 140 Å². The van der Waals surface area contributed by atoms with Crippen LogP contribution in [0.2, 0.25) is 0 Å². The molecule has 1 saturated carbocycles. The second kappa shape index (κ2) is 5.91. The van der Waals surface area contributed by atoms with Gasteiger partial charge in [-0.3, -0.25) is 9.48 Å². The van der Waals surface area contributed by atoms with Crippen LogP contribution in [0.15, 0.2) is 33.8 Å². The molecule has 1 fully saturated rings. The van der Waals surface area contributed by atoms with Crippen LogP contribution in [0.1, 0.15) is 24.6 Å². The first-order chi connectivity index (χ1) is 12.0. The van der Waals surface area contributed by atoms with E-state index in [4.69, 9.17) is 4.52 Å². The number of halogens is 2. The Kier molecular flexibility index (Phi) is 3.70. The Balaban J connectivity index is 1.68. The summed E-state index contributed by atoms with van der Waals surface area (Å²) < 4.78 is 33.0. The Morgan fingerprint density at radius 1 is 1.36 bits per heavy atom. The van der Waals surface area contributed by atoms with Gasteiger partial charge in [0.1, 0.15) is 6.54 Å². The zero-order valence-electron chi connectivity index (χ0n) is 13.4. The van der Waals surface area contributed by atoms with Gasteiger partial charge < -0.3 is 9.09 Å². The van der Waals surface area contributed by atoms with Gasteiger partial charge in [-0.25, -0.2) is 8.78 Å². The van der Waals surface area contributed by atoms with Crippen LogP contribution in [0.3, 0.4) is 0 Å². The third-order valence-electron chi connectivity index (χ3n) is 4.08. The quantitative estimate of drug-likeness (QED) is 0.709. The molecule has 1 aliphatic rings. The summed E-state index contributed by atoms with van der Waals surface area (Å²) in [6.07, 6.45) is 2.66. The summed E-state index contributed by atoms with van der Waals surface area (Å²) in [6.45, 7) is 1.16. The molecule has 0 spiro atoms. The molecule has 0 bridgehead atoms. The number of hydrogen-bond donors (Lipinski definition) is 0. The number of alkyl halides is 2. The first kappa shape index (κ1) is 15.7. The van der Waals surface area contributed by atoms with Crippen LogP contribution in [-0.4, -0.2) is 30.9 Å². The summed E-state index contributed by atoms with van der Waals surface area (Å²) in [5.41, 5.74) is 1.15. The van der Waals surface area contributed by atoms with Crippen molar-refractivity contribution in [1.82, 2.24) is 24.5 Å². The lowest BCUT2D eigenvalue weighted by molar-refractivity contribution is 0.121. The lowest BCUT2D eigenvalue weighted by Gasteiger charge is -2.03. The Hall–Kier alpha value is -2.84. The molecule has 130 valence electrons. The van der Waals surface area contributed by atoms with E-state index in [0.717, 1.165) is 17.5 Å². The first-order valence-corrected chi connectivity index (χ1v) is 7.90. The summed E-state index contributed by atoms with van der Waals surface area (Å²) in [7, 11) is 0. The number of pyridine rings is 1. The molecular formula is C16H15F2N5O2. The normalized spacial score (nSPS) is 14.4. The van der Waals surface area contributed by atoms with E-state index in [0.29, 0.717) is 16.8 Å². The maximum absolute atomic E-state index is 12.5. The molecule has 4 rings (SSSR count). The largest absolute Gasteiger partial charge is 0.333 e. The van der Waals surface area contributed by atoms with E-state index in [2.05, 4.69) is 15.2 Å². The Bertz CT molecular complexity index is 971. The van der Waals surface area contributed by atoms with Crippen molar-refractivity contribution in [3.63, 3.8) is 0 Å². The number of aryl methyl sites for hydroxylation is 1. The number of hydrogen-bond acceptors (Lipinski definition) is 5. The van der Waals surface area contributed by atoms with Crippen molar-refractivity contribution >= 4 is 0 Å². The van der Waals surface area contributed by atoms with Gasteiger partial charge in [-0.05, 0) is 31.9 Å². The summed E-state index contributed by atoms with van der Waals surface area (Å²) >= 11 is 0. The van der Waals surface area contributed by atoms with Gasteiger partial charge in [0, 0.05) is 18.4 Å². The van der Waals surface area contributed by atoms with Crippen molar-refractivity contribution in [1.29, 1.82) is 0 Å². The van der Waals surface area contributed by atoms with Gasteiger partial charge in [-0.1, -0.05) is 5.16 Å². The third-order valence-corrected chi connectivity index (χ3v) is 4.08. The van der Waals surface area contributed by atoms with Crippen molar-refractivity contribution in [3.8, 4) is 22.8 Å². The van der Waals surface area contributed by atoms with Gasteiger partial charge in [0.2, 0.25) is 5.82 Å². The van der Waals surface area contributed by atoms with Crippen molar-refractivity contribution < 1.29 is 13.3 Å². The molecule has 0 aromatic carbocycles. The molecule has 9 heteroatoms. The van der Waals surface area contributed by atoms with E-state index in [1.165, 1.54) is 6.20 Å². The highest BCUT2D eigenvalue weighted by atomic mass is 19.3. The topological polar surface area (TPSA) is 78.7 Å². The van der Waals surface area contributed by atoms with Gasteiger partial charge in [0.25, 0.3) is 17.9 Å². The fraction of sp³-hybridized carbons (Fsp3) is 0.375. The zero-order valence-corrected chi connectivity index (χ0v) is 13.4. The Morgan fingerprint density at radius 3 is 2.88 bits per heavy atom. The van der Waals surface area contributed by atoms with Crippen molar-refractivity contribution in [2.75, 3.05) is 0 Å². The van der Waals surface area contributed by atoms with Crippen molar-refractivity contribution in [2.45, 2.75) is 38.8 Å². The average molecular weight is 347 g/mol. The molecule has 3 aromatic rings. The maximum atomic E-state index is 12.5. The predicted molar refractivity (Wildman–Crippen MR) is 84.2 cm³/mol. The van der Waals surface area contributed by atoms with Crippen molar-refractivity contribution in [3.05, 3.63) is 40.6 Å². The van der Waals surface area contributed by atoms with Crippen LogP contribution >= 0.6 is 0 Å². The van der Waals surface area contributed by atoms with E-state index in [-0.39, 0.29) is 23.3 Å². The van der Waals surface area contributed by atoms with Crippen LogP contribution in [0, 0.1) is 6.92 Å². The zero-order chi connectivity index (χ0) is 17.6. The minimum absolute atomic E-state index is 0.147. The monoisotopic (exact) mass is 347 g/mol. The molecule has 0 unspecified atom stereocenters. The number of rotatable bonds is 5. The highest BCUT2D eigenvalue weighted by molar-refractivity contribution is 5.60. The molecule has 0 atom stereocenters. The van der Waals surface area contributed by atoms with Crippen LogP contribution < -0.4 is 5.56 Å². The van der Waals surface area contributed by atoms with Crippen LogP contribution in [0.5, 0.6) is 0 Å². The van der Waals surface area contributed by atoms with E-state index in [9.17, 15) is 13.6 Å². The van der Waals surface area contributed by atoms with Crippen LogP contribution in [0.4, 0.5) is 8.78 Å². The van der Waals surface area contributed by atoms with Crippen LogP contribution in [0.25, 0.3) is 22.8 Å². The predicted octanol–water partition coefficient (Wildman–Crippen LogP) is 2.67. The third kappa shape index (κ3) is 2.97. The highest BCUT2D eigenvalue weighted by Crippen LogP contribution is 2.33. The minimum Gasteiger partial charge on any atom is -0.333 e. The lowest BCUT2D eigenvalue weighted by Crippen LogP contribution is -2.20. The van der Waals surface area contributed by atoms with E-state index < -0.39 is 13.0 Å². The molecule has 25 heavy (non-hydrogen) atoms. The van der Waals surface area contributed by atoms with Gasteiger partial charge >= 0.3 is 0 Å². The van der Waals surface area contributed by atoms with Gasteiger partial charge in [-0.2, -0.15) is 10.1 Å². The SMILES string of the molecule is Cc1nn(CC(F)F)cc1-c1nc(-c2cccn(C3CC3)c2=O)no1. The number of aromatic nitrogens is 5. The lowest BCUT2D eigenvalue weighted by atomic mass is 10.2. The second-order valence-corrected chi connectivity index (χ2v) is 6.03. The van der Waals surface area contributed by atoms with Gasteiger partial charge in [-0.15, -0.1) is 0 Å². The molecule has 0 amide bonds. The molecule has 0 N–H and O–H groups in total. The smallest absolute Gasteiger partial charge is 0.262 e. The highest BCUT2D eigenvalue weighted by Gasteiger charge is 2.26. The molecule has 0 radical (unpaired) electrons. The fourth-order valence-electron chi connectivity index (χ4n) is 2.73. The molecule has 7 nitrogen and oxygen atoms in total. The van der Waals surface area contributed by atoms with Gasteiger partial charge in [0.15, 0.2) is 0 Å². The van der Waals surface area contributed by atoms with Gasteiger partial charge in [0.05, 0.1) is 16.8 Å². The molecule has 3 aromatic heterocycles. The summed E-state index contributed by atoms with van der Waals surface area (Å²) in [5, 5.41) is 7.89. The molecule has 3 heterocycles. The van der Waals surface area contributed by atoms with Crippen LogP contribution in [-0.2, 0) is 6.54 Å². The average Bonchev–Trinajstić information content (AvgIpc) is 3.17. The molecule has 0 saturated heterocycles. The van der Waals surface area contributed by atoms with E-state index in [1.54, 1.807) is 29.8 Å². The second-order valence-electron chi connectivity index (χ2n) is 6.03. The summed E-state index contributed by atoms with van der Waals surface area (Å²) in [5.74, 6) is 0.324. The molecule has 1 aliphatic carbocycles. The minimum atomic E-state index is -2.50.